The third kappa shape index (κ3) is 6.98. The first-order valence-corrected chi connectivity index (χ1v) is 7.01. The maximum atomic E-state index is 2.44. The topological polar surface area (TPSA) is 0 Å². The van der Waals surface area contributed by atoms with Crippen LogP contribution in [0.1, 0.15) is 73.6 Å². The molecule has 0 fully saturated rings. The van der Waals surface area contributed by atoms with Crippen molar-refractivity contribution >= 4 is 0 Å². The first-order chi connectivity index (χ1) is 7.01. The Hall–Kier alpha value is 0. The van der Waals surface area contributed by atoms with Gasteiger partial charge in [0.15, 0.2) is 0 Å². The van der Waals surface area contributed by atoms with Gasteiger partial charge in [-0.3, -0.25) is 0 Å². The van der Waals surface area contributed by atoms with Crippen molar-refractivity contribution in [2.75, 3.05) is 0 Å². The van der Waals surface area contributed by atoms with Gasteiger partial charge in [0.1, 0.15) is 0 Å². The zero-order valence-corrected chi connectivity index (χ0v) is 11.8. The molecule has 4 atom stereocenters. The van der Waals surface area contributed by atoms with Crippen molar-refractivity contribution in [3.63, 3.8) is 0 Å². The van der Waals surface area contributed by atoms with Crippen molar-refractivity contribution < 1.29 is 0 Å². The molecule has 0 N–H and O–H groups in total. The summed E-state index contributed by atoms with van der Waals surface area (Å²) in [7, 11) is 0. The van der Waals surface area contributed by atoms with Crippen LogP contribution >= 0.6 is 0 Å². The van der Waals surface area contributed by atoms with Crippen LogP contribution in [0.15, 0.2) is 0 Å². The van der Waals surface area contributed by atoms with E-state index in [1.165, 1.54) is 32.1 Å². The Kier molecular flexibility index (Phi) is 8.19. The van der Waals surface area contributed by atoms with E-state index in [2.05, 4.69) is 41.5 Å². The number of hydrogen-bond donors (Lipinski definition) is 0. The van der Waals surface area contributed by atoms with Gasteiger partial charge in [-0.2, -0.15) is 0 Å². The first-order valence-electron chi connectivity index (χ1n) is 7.01. The summed E-state index contributed by atoms with van der Waals surface area (Å²) in [5.41, 5.74) is 0. The van der Waals surface area contributed by atoms with Crippen LogP contribution in [-0.2, 0) is 0 Å². The van der Waals surface area contributed by atoms with E-state index < -0.39 is 0 Å². The van der Waals surface area contributed by atoms with Gasteiger partial charge < -0.3 is 0 Å². The van der Waals surface area contributed by atoms with E-state index in [0.717, 1.165) is 23.7 Å². The second-order valence-corrected chi connectivity index (χ2v) is 5.83. The summed E-state index contributed by atoms with van der Waals surface area (Å²) < 4.78 is 0. The Morgan fingerprint density at radius 2 is 1.33 bits per heavy atom. The van der Waals surface area contributed by atoms with Crippen molar-refractivity contribution in [1.82, 2.24) is 0 Å². The number of hydrogen-bond acceptors (Lipinski definition) is 0. The SMILES string of the molecule is CCCC(C)CC(C)CC(C)C(C)CC. The molecule has 0 aromatic rings. The molecule has 0 radical (unpaired) electrons. The van der Waals surface area contributed by atoms with Crippen LogP contribution < -0.4 is 0 Å². The fourth-order valence-electron chi connectivity index (χ4n) is 2.66. The minimum atomic E-state index is 0.897. The van der Waals surface area contributed by atoms with Crippen LogP contribution in [0.3, 0.4) is 0 Å². The van der Waals surface area contributed by atoms with Gasteiger partial charge in [0, 0.05) is 0 Å². The van der Waals surface area contributed by atoms with E-state index in [1.807, 2.05) is 0 Å². The highest BCUT2D eigenvalue weighted by atomic mass is 14.2. The second kappa shape index (κ2) is 8.19. The van der Waals surface area contributed by atoms with E-state index in [9.17, 15) is 0 Å². The second-order valence-electron chi connectivity index (χ2n) is 5.83. The molecular formula is C15H32. The third-order valence-electron chi connectivity index (χ3n) is 3.98. The van der Waals surface area contributed by atoms with Crippen LogP contribution in [0.2, 0.25) is 0 Å². The summed E-state index contributed by atoms with van der Waals surface area (Å²) in [6.07, 6.45) is 6.92. The van der Waals surface area contributed by atoms with Crippen molar-refractivity contribution in [1.29, 1.82) is 0 Å². The van der Waals surface area contributed by atoms with Crippen LogP contribution in [-0.4, -0.2) is 0 Å². The fraction of sp³-hybridized carbons (Fsp3) is 1.00. The summed E-state index contributed by atoms with van der Waals surface area (Å²) >= 11 is 0. The lowest BCUT2D eigenvalue weighted by molar-refractivity contribution is 0.274. The molecule has 0 aliphatic rings. The smallest absolute Gasteiger partial charge is 0.0415 e. The van der Waals surface area contributed by atoms with Crippen molar-refractivity contribution in [3.8, 4) is 0 Å². The summed E-state index contributed by atoms with van der Waals surface area (Å²) in [6, 6.07) is 0. The normalized spacial score (nSPS) is 19.6. The van der Waals surface area contributed by atoms with Crippen molar-refractivity contribution in [2.45, 2.75) is 73.6 Å². The van der Waals surface area contributed by atoms with Gasteiger partial charge in [-0.1, -0.05) is 60.8 Å². The first kappa shape index (κ1) is 15.0. The minimum absolute atomic E-state index is 0.897. The highest BCUT2D eigenvalue weighted by Gasteiger charge is 2.15. The Bertz CT molecular complexity index is 139. The highest BCUT2D eigenvalue weighted by molar-refractivity contribution is 4.66. The molecule has 0 rings (SSSR count). The highest BCUT2D eigenvalue weighted by Crippen LogP contribution is 2.27. The minimum Gasteiger partial charge on any atom is -0.0654 e. The summed E-state index contributed by atoms with van der Waals surface area (Å²) in [5, 5.41) is 0. The number of rotatable bonds is 8. The summed E-state index contributed by atoms with van der Waals surface area (Å²) in [5.74, 6) is 3.64. The zero-order chi connectivity index (χ0) is 11.8. The molecule has 0 saturated carbocycles. The molecular weight excluding hydrogens is 180 g/mol. The molecule has 0 heteroatoms. The van der Waals surface area contributed by atoms with E-state index in [4.69, 9.17) is 0 Å². The lowest BCUT2D eigenvalue weighted by atomic mass is 9.82. The van der Waals surface area contributed by atoms with Crippen LogP contribution in [0, 0.1) is 23.7 Å². The molecule has 0 amide bonds. The van der Waals surface area contributed by atoms with Gasteiger partial charge in [-0.25, -0.2) is 0 Å². The van der Waals surface area contributed by atoms with Gasteiger partial charge >= 0.3 is 0 Å². The molecule has 0 bridgehead atoms. The Balaban J connectivity index is 3.76. The van der Waals surface area contributed by atoms with E-state index >= 15 is 0 Å². The van der Waals surface area contributed by atoms with E-state index in [-0.39, 0.29) is 0 Å². The average Bonchev–Trinajstić information content (AvgIpc) is 2.16. The van der Waals surface area contributed by atoms with Gasteiger partial charge in [-0.15, -0.1) is 0 Å². The molecule has 0 aromatic carbocycles. The standard InChI is InChI=1S/C15H32/c1-7-9-12(3)10-13(4)11-15(6)14(5)8-2/h12-15H,7-11H2,1-6H3. The Labute approximate surface area is 97.8 Å². The third-order valence-corrected chi connectivity index (χ3v) is 3.98. The van der Waals surface area contributed by atoms with Crippen LogP contribution in [0.4, 0.5) is 0 Å². The molecule has 15 heavy (non-hydrogen) atoms. The zero-order valence-electron chi connectivity index (χ0n) is 11.8. The fourth-order valence-corrected chi connectivity index (χ4v) is 2.66. The molecule has 0 spiro atoms. The maximum Gasteiger partial charge on any atom is -0.0415 e. The molecule has 0 nitrogen and oxygen atoms in total. The lowest BCUT2D eigenvalue weighted by Crippen LogP contribution is -2.13. The quantitative estimate of drug-likeness (QED) is 0.497. The molecule has 0 aliphatic heterocycles. The van der Waals surface area contributed by atoms with Gasteiger partial charge in [-0.05, 0) is 36.5 Å². The largest absolute Gasteiger partial charge is 0.0654 e. The van der Waals surface area contributed by atoms with Crippen LogP contribution in [0.25, 0.3) is 0 Å². The molecule has 92 valence electrons. The monoisotopic (exact) mass is 212 g/mol. The van der Waals surface area contributed by atoms with E-state index in [1.54, 1.807) is 0 Å². The summed E-state index contributed by atoms with van der Waals surface area (Å²) in [4.78, 5) is 0. The molecule has 4 unspecified atom stereocenters. The van der Waals surface area contributed by atoms with Crippen LogP contribution in [0.5, 0.6) is 0 Å². The summed E-state index contributed by atoms with van der Waals surface area (Å²) in [6.45, 7) is 14.3. The van der Waals surface area contributed by atoms with Gasteiger partial charge in [0.2, 0.25) is 0 Å². The average molecular weight is 212 g/mol. The molecule has 0 saturated heterocycles. The Morgan fingerprint density at radius 3 is 1.80 bits per heavy atom. The van der Waals surface area contributed by atoms with Crippen molar-refractivity contribution in [2.24, 2.45) is 23.7 Å². The Morgan fingerprint density at radius 1 is 0.733 bits per heavy atom. The maximum absolute atomic E-state index is 2.44. The van der Waals surface area contributed by atoms with E-state index in [0.29, 0.717) is 0 Å². The molecule has 0 heterocycles. The molecule has 0 aliphatic carbocycles. The predicted octanol–water partition coefficient (Wildman–Crippen LogP) is 5.52. The molecule has 0 aromatic heterocycles. The van der Waals surface area contributed by atoms with Gasteiger partial charge in [0.25, 0.3) is 0 Å². The van der Waals surface area contributed by atoms with Gasteiger partial charge in [0.05, 0.1) is 0 Å². The lowest BCUT2D eigenvalue weighted by Gasteiger charge is -2.24. The predicted molar refractivity (Wildman–Crippen MR) is 71.1 cm³/mol. The van der Waals surface area contributed by atoms with Crippen molar-refractivity contribution in [3.05, 3.63) is 0 Å².